The molecule has 3 aromatic rings. The first-order valence-corrected chi connectivity index (χ1v) is 22.3. The SMILES string of the molecule is O=C(CN1CCC(COc2cc(F)c3c(=O)[nH]c(CSC4CCOCC4)nc3c2)CC1)NCCCCCCCCNc1cccc2c1C(=O)N(C1CCC(=O)NC1=O)C2=O. The third-order valence-electron chi connectivity index (χ3n) is 11.7. The quantitative estimate of drug-likeness (QED) is 0.0975. The molecular formula is C43H54FN7O8S. The van der Waals surface area contributed by atoms with Crippen LogP contribution in [0.25, 0.3) is 10.9 Å². The number of thioether (sulfide) groups is 1. The predicted molar refractivity (Wildman–Crippen MR) is 224 cm³/mol. The lowest BCUT2D eigenvalue weighted by atomic mass is 9.98. The molecular weight excluding hydrogens is 794 g/mol. The Labute approximate surface area is 352 Å². The van der Waals surface area contributed by atoms with Crippen LogP contribution in [0.15, 0.2) is 35.1 Å². The molecule has 5 heterocycles. The molecule has 1 aromatic heterocycles. The molecule has 2 aromatic carbocycles. The van der Waals surface area contributed by atoms with Crippen molar-refractivity contribution >= 4 is 57.9 Å². The van der Waals surface area contributed by atoms with Crippen LogP contribution in [-0.4, -0.2) is 113 Å². The number of piperidine rings is 2. The second-order valence-electron chi connectivity index (χ2n) is 16.0. The summed E-state index contributed by atoms with van der Waals surface area (Å²) in [7, 11) is 0. The Bertz CT molecular complexity index is 2120. The highest BCUT2D eigenvalue weighted by atomic mass is 32.2. The van der Waals surface area contributed by atoms with Crippen LogP contribution in [0.5, 0.6) is 5.75 Å². The molecule has 322 valence electrons. The van der Waals surface area contributed by atoms with Gasteiger partial charge in [-0.15, -0.1) is 0 Å². The largest absolute Gasteiger partial charge is 0.493 e. The Kier molecular flexibility index (Phi) is 14.8. The number of ether oxygens (including phenoxy) is 2. The number of H-pyrrole nitrogens is 1. The Morgan fingerprint density at radius 1 is 0.933 bits per heavy atom. The molecule has 4 N–H and O–H groups in total. The molecule has 60 heavy (non-hydrogen) atoms. The van der Waals surface area contributed by atoms with Gasteiger partial charge in [0.2, 0.25) is 17.7 Å². The number of carbonyl (C=O) groups is 5. The molecule has 0 radical (unpaired) electrons. The van der Waals surface area contributed by atoms with E-state index < -0.39 is 41.0 Å². The van der Waals surface area contributed by atoms with Gasteiger partial charge in [0, 0.05) is 55.8 Å². The van der Waals surface area contributed by atoms with Gasteiger partial charge in [-0.3, -0.25) is 43.9 Å². The molecule has 17 heteroatoms. The van der Waals surface area contributed by atoms with Gasteiger partial charge in [-0.2, -0.15) is 11.8 Å². The molecule has 3 fully saturated rings. The monoisotopic (exact) mass is 847 g/mol. The highest BCUT2D eigenvalue weighted by molar-refractivity contribution is 7.99. The first kappa shape index (κ1) is 43.2. The summed E-state index contributed by atoms with van der Waals surface area (Å²) >= 11 is 1.73. The van der Waals surface area contributed by atoms with E-state index in [-0.39, 0.29) is 41.2 Å². The van der Waals surface area contributed by atoms with Crippen LogP contribution in [0.3, 0.4) is 0 Å². The number of hydrogen-bond donors (Lipinski definition) is 4. The van der Waals surface area contributed by atoms with Crippen molar-refractivity contribution in [2.75, 3.05) is 57.9 Å². The molecule has 0 bridgehead atoms. The number of aromatic nitrogens is 2. The molecule has 0 saturated carbocycles. The van der Waals surface area contributed by atoms with E-state index >= 15 is 0 Å². The van der Waals surface area contributed by atoms with Gasteiger partial charge in [0.1, 0.15) is 28.8 Å². The van der Waals surface area contributed by atoms with Crippen LogP contribution in [0.1, 0.15) is 104 Å². The van der Waals surface area contributed by atoms with Crippen molar-refractivity contribution in [1.82, 2.24) is 30.4 Å². The molecule has 1 atom stereocenters. The summed E-state index contributed by atoms with van der Waals surface area (Å²) in [5, 5.41) is 8.94. The van der Waals surface area contributed by atoms with Crippen molar-refractivity contribution in [2.45, 2.75) is 94.1 Å². The zero-order chi connectivity index (χ0) is 42.0. The number of carbonyl (C=O) groups excluding carboxylic acids is 5. The zero-order valence-electron chi connectivity index (χ0n) is 33.9. The van der Waals surface area contributed by atoms with Gasteiger partial charge in [-0.25, -0.2) is 9.37 Å². The van der Waals surface area contributed by atoms with Crippen molar-refractivity contribution in [3.05, 3.63) is 63.5 Å². The normalized spacial score (nSPS) is 19.1. The highest BCUT2D eigenvalue weighted by Crippen LogP contribution is 2.33. The van der Waals surface area contributed by atoms with Crippen LogP contribution in [-0.2, 0) is 24.9 Å². The number of rotatable bonds is 19. The summed E-state index contributed by atoms with van der Waals surface area (Å²) < 4.78 is 26.4. The fourth-order valence-corrected chi connectivity index (χ4v) is 9.35. The Morgan fingerprint density at radius 3 is 2.45 bits per heavy atom. The van der Waals surface area contributed by atoms with E-state index in [2.05, 4.69) is 30.8 Å². The minimum atomic E-state index is -0.994. The maximum Gasteiger partial charge on any atom is 0.264 e. The first-order chi connectivity index (χ1) is 29.1. The molecule has 0 spiro atoms. The number of nitrogens with one attached hydrogen (secondary N) is 4. The number of halogens is 1. The lowest BCUT2D eigenvalue weighted by Crippen LogP contribution is -2.54. The zero-order valence-corrected chi connectivity index (χ0v) is 34.7. The van der Waals surface area contributed by atoms with E-state index in [4.69, 9.17) is 9.47 Å². The second kappa shape index (κ2) is 20.6. The van der Waals surface area contributed by atoms with Gasteiger partial charge in [-0.1, -0.05) is 31.7 Å². The lowest BCUT2D eigenvalue weighted by molar-refractivity contribution is -0.136. The first-order valence-electron chi connectivity index (χ1n) is 21.3. The van der Waals surface area contributed by atoms with Gasteiger partial charge in [0.15, 0.2) is 0 Å². The molecule has 3 saturated heterocycles. The number of unbranched alkanes of at least 4 members (excludes halogenated alkanes) is 5. The van der Waals surface area contributed by atoms with Crippen LogP contribution in [0.2, 0.25) is 0 Å². The predicted octanol–water partition coefficient (Wildman–Crippen LogP) is 4.54. The smallest absolute Gasteiger partial charge is 0.264 e. The minimum Gasteiger partial charge on any atom is -0.493 e. The van der Waals surface area contributed by atoms with E-state index in [1.807, 2.05) is 0 Å². The van der Waals surface area contributed by atoms with Gasteiger partial charge in [0.05, 0.1) is 35.5 Å². The van der Waals surface area contributed by atoms with Crippen molar-refractivity contribution < 1.29 is 37.8 Å². The summed E-state index contributed by atoms with van der Waals surface area (Å²) in [6, 6.07) is 6.96. The maximum atomic E-state index is 15.0. The number of fused-ring (bicyclic) bond motifs is 2. The Balaban J connectivity index is 0.732. The third kappa shape index (κ3) is 10.9. The fraction of sp³-hybridized carbons (Fsp3) is 0.558. The molecule has 4 aliphatic rings. The molecule has 1 unspecified atom stereocenters. The average molecular weight is 848 g/mol. The average Bonchev–Trinajstić information content (AvgIpc) is 3.49. The number of hydrogen-bond acceptors (Lipinski definition) is 12. The van der Waals surface area contributed by atoms with E-state index in [1.54, 1.807) is 36.0 Å². The number of anilines is 1. The van der Waals surface area contributed by atoms with Crippen LogP contribution < -0.4 is 26.2 Å². The molecule has 4 aliphatic heterocycles. The highest BCUT2D eigenvalue weighted by Gasteiger charge is 2.45. The number of nitrogens with zero attached hydrogens (tertiary/aromatic N) is 3. The standard InChI is InChI=1S/C43H54FN7O8S/c44-31-22-28(23-33-39(31)41(55)48-35(47-33)26-60-29-14-20-58-21-15-29)59-25-27-12-18-50(19-13-27)24-37(53)46-17-6-4-2-1-3-5-16-45-32-9-7-8-30-38(32)43(57)51(42(30)56)34-10-11-36(52)49-40(34)54/h7-9,22-23,27,29,34,45H,1-6,10-21,24-26H2,(H,46,53)(H,47,48,55)(H,49,52,54). The summed E-state index contributed by atoms with van der Waals surface area (Å²) in [6.45, 7) is 5.05. The Hall–Kier alpha value is -4.87. The number of aromatic amines is 1. The topological polar surface area (TPSA) is 192 Å². The number of amides is 5. The maximum absolute atomic E-state index is 15.0. The van der Waals surface area contributed by atoms with Crippen LogP contribution in [0, 0.1) is 11.7 Å². The molecule has 15 nitrogen and oxygen atoms in total. The van der Waals surface area contributed by atoms with E-state index in [0.29, 0.717) is 60.0 Å². The van der Waals surface area contributed by atoms with E-state index in [9.17, 15) is 33.2 Å². The van der Waals surface area contributed by atoms with Gasteiger partial charge < -0.3 is 25.1 Å². The number of likely N-dealkylation sites (tertiary alicyclic amines) is 1. The van der Waals surface area contributed by atoms with Crippen molar-refractivity contribution in [3.63, 3.8) is 0 Å². The lowest BCUT2D eigenvalue weighted by Gasteiger charge is -2.31. The summed E-state index contributed by atoms with van der Waals surface area (Å²) in [5.41, 5.74) is 0.894. The van der Waals surface area contributed by atoms with Gasteiger partial charge in [-0.05, 0) is 76.1 Å². The van der Waals surface area contributed by atoms with E-state index in [1.165, 1.54) is 6.07 Å². The minimum absolute atomic E-state index is 0.0169. The summed E-state index contributed by atoms with van der Waals surface area (Å²) in [4.78, 5) is 86.0. The fourth-order valence-electron chi connectivity index (χ4n) is 8.29. The molecule has 5 amide bonds. The summed E-state index contributed by atoms with van der Waals surface area (Å²) in [6.07, 6.45) is 9.67. The van der Waals surface area contributed by atoms with Crippen molar-refractivity contribution in [2.24, 2.45) is 5.92 Å². The number of imide groups is 2. The van der Waals surface area contributed by atoms with Crippen LogP contribution >= 0.6 is 11.8 Å². The van der Waals surface area contributed by atoms with Crippen LogP contribution in [0.4, 0.5) is 10.1 Å². The van der Waals surface area contributed by atoms with Crippen molar-refractivity contribution in [3.8, 4) is 5.75 Å². The van der Waals surface area contributed by atoms with Crippen molar-refractivity contribution in [1.29, 1.82) is 0 Å². The second-order valence-corrected chi connectivity index (χ2v) is 17.3. The Morgan fingerprint density at radius 2 is 1.68 bits per heavy atom. The number of benzene rings is 2. The van der Waals surface area contributed by atoms with Gasteiger partial charge in [0.25, 0.3) is 17.4 Å². The molecule has 7 rings (SSSR count). The third-order valence-corrected chi connectivity index (χ3v) is 13.1. The molecule has 0 aliphatic carbocycles. The van der Waals surface area contributed by atoms with E-state index in [0.717, 1.165) is 95.4 Å². The summed E-state index contributed by atoms with van der Waals surface area (Å²) in [5.74, 6) is -1.03. The van der Waals surface area contributed by atoms with Gasteiger partial charge >= 0.3 is 0 Å².